The van der Waals surface area contributed by atoms with Crippen molar-refractivity contribution in [1.29, 1.82) is 0 Å². The van der Waals surface area contributed by atoms with Crippen LogP contribution in [-0.4, -0.2) is 17.6 Å². The Morgan fingerprint density at radius 2 is 2.23 bits per heavy atom. The van der Waals surface area contributed by atoms with Crippen molar-refractivity contribution < 1.29 is 13.9 Å². The molecule has 0 amide bonds. The van der Waals surface area contributed by atoms with Gasteiger partial charge in [0.15, 0.2) is 5.89 Å². The molecule has 0 radical (unpaired) electrons. The second-order valence-electron chi connectivity index (χ2n) is 1.96. The number of carbonyl (C=O) groups is 1. The molecule has 0 unspecified atom stereocenters. The number of nitrogens with zero attached hydrogens (tertiary/aromatic N) is 1. The summed E-state index contributed by atoms with van der Waals surface area (Å²) in [6.45, 7) is 7.75. The van der Waals surface area contributed by atoms with Gasteiger partial charge in [0.25, 0.3) is 0 Å². The molecule has 0 aliphatic rings. The Balaban J connectivity index is 0.000000671. The molecule has 0 bridgehead atoms. The van der Waals surface area contributed by atoms with Crippen LogP contribution in [0.1, 0.15) is 37.2 Å². The smallest absolute Gasteiger partial charge is 0.375 e. The molecule has 1 aromatic heterocycles. The number of aryl methyl sites for hydroxylation is 1. The van der Waals surface area contributed by atoms with Gasteiger partial charge in [-0.15, -0.1) is 0 Å². The summed E-state index contributed by atoms with van der Waals surface area (Å²) in [6.07, 6.45) is 1.35. The van der Waals surface area contributed by atoms with E-state index in [0.29, 0.717) is 12.5 Å². The fourth-order valence-corrected chi connectivity index (χ4v) is 0.658. The van der Waals surface area contributed by atoms with Crippen molar-refractivity contribution in [2.75, 3.05) is 6.61 Å². The van der Waals surface area contributed by atoms with Crippen molar-refractivity contribution >= 4 is 5.97 Å². The van der Waals surface area contributed by atoms with E-state index in [0.717, 1.165) is 0 Å². The van der Waals surface area contributed by atoms with Crippen LogP contribution in [0.2, 0.25) is 0 Å². The Labute approximate surface area is 77.9 Å². The lowest BCUT2D eigenvalue weighted by Crippen LogP contribution is -2.02. The first-order valence-corrected chi connectivity index (χ1v) is 4.33. The van der Waals surface area contributed by atoms with E-state index in [2.05, 4.69) is 9.72 Å². The van der Waals surface area contributed by atoms with Crippen molar-refractivity contribution in [3.63, 3.8) is 0 Å². The van der Waals surface area contributed by atoms with Gasteiger partial charge in [-0.1, -0.05) is 13.8 Å². The highest BCUT2D eigenvalue weighted by Gasteiger charge is 2.10. The minimum atomic E-state index is -0.465. The van der Waals surface area contributed by atoms with Gasteiger partial charge in [0.1, 0.15) is 0 Å². The van der Waals surface area contributed by atoms with E-state index >= 15 is 0 Å². The summed E-state index contributed by atoms with van der Waals surface area (Å²) >= 11 is 0. The molecule has 0 aliphatic heterocycles. The van der Waals surface area contributed by atoms with Crippen molar-refractivity contribution in [3.8, 4) is 0 Å². The number of hydrogen-bond donors (Lipinski definition) is 0. The van der Waals surface area contributed by atoms with Gasteiger partial charge in [-0.05, 0) is 6.92 Å². The Morgan fingerprint density at radius 1 is 1.62 bits per heavy atom. The maximum Gasteiger partial charge on any atom is 0.375 e. The van der Waals surface area contributed by atoms with Crippen LogP contribution >= 0.6 is 0 Å². The third-order valence-electron chi connectivity index (χ3n) is 1.10. The number of oxazole rings is 1. The molecule has 0 saturated carbocycles. The number of carbonyl (C=O) groups excluding carboxylic acids is 1. The van der Waals surface area contributed by atoms with Crippen LogP contribution < -0.4 is 0 Å². The zero-order chi connectivity index (χ0) is 10.3. The fraction of sp³-hybridized carbons (Fsp3) is 0.556. The third kappa shape index (κ3) is 3.73. The monoisotopic (exact) mass is 185 g/mol. The molecule has 0 fully saturated rings. The maximum atomic E-state index is 10.9. The molecule has 1 heterocycles. The van der Waals surface area contributed by atoms with Crippen LogP contribution in [0, 0.1) is 6.92 Å². The summed E-state index contributed by atoms with van der Waals surface area (Å²) < 4.78 is 9.58. The quantitative estimate of drug-likeness (QED) is 0.663. The Kier molecular flexibility index (Phi) is 5.59. The Morgan fingerprint density at radius 3 is 2.62 bits per heavy atom. The first kappa shape index (κ1) is 11.7. The molecule has 1 rings (SSSR count). The molecule has 4 heteroatoms. The molecule has 0 aliphatic carbocycles. The fourth-order valence-electron chi connectivity index (χ4n) is 0.658. The standard InChI is InChI=1S/C7H9NO3.C2H6/c1-3-10-7(9)6-4-8-5(2)11-6;1-2/h4H,3H2,1-2H3;1-2H3. The predicted molar refractivity (Wildman–Crippen MR) is 48.5 cm³/mol. The minimum Gasteiger partial charge on any atom is -0.460 e. The van der Waals surface area contributed by atoms with Crippen molar-refractivity contribution in [2.45, 2.75) is 27.7 Å². The number of rotatable bonds is 2. The van der Waals surface area contributed by atoms with E-state index < -0.39 is 5.97 Å². The van der Waals surface area contributed by atoms with Gasteiger partial charge in [0.2, 0.25) is 5.76 Å². The van der Waals surface area contributed by atoms with Crippen LogP contribution in [0.5, 0.6) is 0 Å². The topological polar surface area (TPSA) is 52.3 Å². The van der Waals surface area contributed by atoms with Crippen LogP contribution in [0.15, 0.2) is 10.6 Å². The van der Waals surface area contributed by atoms with E-state index in [1.165, 1.54) is 6.20 Å². The third-order valence-corrected chi connectivity index (χ3v) is 1.10. The number of hydrogen-bond acceptors (Lipinski definition) is 4. The summed E-state index contributed by atoms with van der Waals surface area (Å²) in [5.74, 6) is 0.158. The number of aromatic nitrogens is 1. The Hall–Kier alpha value is -1.32. The van der Waals surface area contributed by atoms with Crippen LogP contribution in [0.3, 0.4) is 0 Å². The molecule has 0 aromatic carbocycles. The van der Waals surface area contributed by atoms with Gasteiger partial charge in [0.05, 0.1) is 12.8 Å². The SMILES string of the molecule is CC.CCOC(=O)c1cnc(C)o1. The second kappa shape index (κ2) is 6.22. The van der Waals surface area contributed by atoms with Crippen LogP contribution in [0.25, 0.3) is 0 Å². The molecule has 4 nitrogen and oxygen atoms in total. The maximum absolute atomic E-state index is 10.9. The summed E-state index contributed by atoms with van der Waals surface area (Å²) in [7, 11) is 0. The van der Waals surface area contributed by atoms with E-state index in [1.54, 1.807) is 13.8 Å². The van der Waals surface area contributed by atoms with Crippen molar-refractivity contribution in [1.82, 2.24) is 4.98 Å². The summed E-state index contributed by atoms with van der Waals surface area (Å²) in [5, 5.41) is 0. The summed E-state index contributed by atoms with van der Waals surface area (Å²) in [4.78, 5) is 14.7. The molecule has 1 aromatic rings. The molecule has 0 saturated heterocycles. The summed E-state index contributed by atoms with van der Waals surface area (Å²) in [5.41, 5.74) is 0. The first-order chi connectivity index (χ1) is 6.24. The Bertz CT molecular complexity index is 255. The molecule has 13 heavy (non-hydrogen) atoms. The van der Waals surface area contributed by atoms with Gasteiger partial charge in [-0.3, -0.25) is 0 Å². The number of ether oxygens (including phenoxy) is 1. The van der Waals surface area contributed by atoms with Gasteiger partial charge in [0, 0.05) is 6.92 Å². The average Bonchev–Trinajstić information content (AvgIpc) is 2.56. The van der Waals surface area contributed by atoms with Crippen molar-refractivity contribution in [3.05, 3.63) is 17.8 Å². The number of esters is 1. The van der Waals surface area contributed by atoms with Crippen LogP contribution in [-0.2, 0) is 4.74 Å². The minimum absolute atomic E-state index is 0.157. The zero-order valence-electron chi connectivity index (χ0n) is 8.46. The molecule has 0 spiro atoms. The van der Waals surface area contributed by atoms with Gasteiger partial charge >= 0.3 is 5.97 Å². The highest BCUT2D eigenvalue weighted by molar-refractivity contribution is 5.85. The zero-order valence-corrected chi connectivity index (χ0v) is 8.46. The predicted octanol–water partition coefficient (Wildman–Crippen LogP) is 2.19. The molecule has 0 N–H and O–H groups in total. The highest BCUT2D eigenvalue weighted by atomic mass is 16.5. The lowest BCUT2D eigenvalue weighted by Gasteiger charge is -1.94. The molecular weight excluding hydrogens is 170 g/mol. The van der Waals surface area contributed by atoms with E-state index in [-0.39, 0.29) is 5.76 Å². The lowest BCUT2D eigenvalue weighted by molar-refractivity contribution is 0.0488. The normalized spacial score (nSPS) is 8.62. The molecular formula is C9H15NO3. The van der Waals surface area contributed by atoms with Crippen molar-refractivity contribution in [2.24, 2.45) is 0 Å². The average molecular weight is 185 g/mol. The lowest BCUT2D eigenvalue weighted by atomic mass is 10.5. The molecule has 74 valence electrons. The first-order valence-electron chi connectivity index (χ1n) is 4.33. The largest absolute Gasteiger partial charge is 0.460 e. The second-order valence-corrected chi connectivity index (χ2v) is 1.96. The van der Waals surface area contributed by atoms with E-state index in [9.17, 15) is 4.79 Å². The van der Waals surface area contributed by atoms with Gasteiger partial charge in [-0.2, -0.15) is 0 Å². The molecule has 0 atom stereocenters. The van der Waals surface area contributed by atoms with E-state index in [4.69, 9.17) is 4.42 Å². The van der Waals surface area contributed by atoms with E-state index in [1.807, 2.05) is 13.8 Å². The summed E-state index contributed by atoms with van der Waals surface area (Å²) in [6, 6.07) is 0. The van der Waals surface area contributed by atoms with Gasteiger partial charge in [-0.25, -0.2) is 9.78 Å². The highest BCUT2D eigenvalue weighted by Crippen LogP contribution is 2.03. The van der Waals surface area contributed by atoms with Gasteiger partial charge < -0.3 is 9.15 Å². The van der Waals surface area contributed by atoms with Crippen LogP contribution in [0.4, 0.5) is 0 Å².